The van der Waals surface area contributed by atoms with Gasteiger partial charge < -0.3 is 14.3 Å². The standard InChI is InChI=1S/C13H20N4O3S/c1-10-12(7-11(20-10)8-14-2)21(18,19)17(4)9-13-15-5-6-16(13)3/h5-7,14H,8-9H2,1-4H3. The molecular formula is C13H20N4O3S. The van der Waals surface area contributed by atoms with Crippen LogP contribution in [0.5, 0.6) is 0 Å². The Morgan fingerprint density at radius 3 is 2.76 bits per heavy atom. The number of hydrogen-bond acceptors (Lipinski definition) is 5. The summed E-state index contributed by atoms with van der Waals surface area (Å²) < 4.78 is 33.8. The van der Waals surface area contributed by atoms with Gasteiger partial charge in [0.05, 0.1) is 13.1 Å². The third-order valence-corrected chi connectivity index (χ3v) is 5.16. The molecule has 2 aromatic heterocycles. The highest BCUT2D eigenvalue weighted by atomic mass is 32.2. The minimum absolute atomic E-state index is 0.199. The summed E-state index contributed by atoms with van der Waals surface area (Å²) in [5.74, 6) is 1.67. The molecule has 0 aliphatic heterocycles. The Morgan fingerprint density at radius 1 is 1.48 bits per heavy atom. The summed E-state index contributed by atoms with van der Waals surface area (Å²) in [6.45, 7) is 2.35. The lowest BCUT2D eigenvalue weighted by molar-refractivity contribution is 0.443. The van der Waals surface area contributed by atoms with Crippen LogP contribution in [0.1, 0.15) is 17.3 Å². The summed E-state index contributed by atoms with van der Waals surface area (Å²) >= 11 is 0. The van der Waals surface area contributed by atoms with Gasteiger partial charge in [0.1, 0.15) is 22.2 Å². The average molecular weight is 312 g/mol. The molecule has 2 rings (SSSR count). The van der Waals surface area contributed by atoms with Crippen molar-refractivity contribution in [3.8, 4) is 0 Å². The molecule has 0 amide bonds. The van der Waals surface area contributed by atoms with Crippen LogP contribution in [0.2, 0.25) is 0 Å². The number of furan rings is 1. The third kappa shape index (κ3) is 3.17. The fourth-order valence-electron chi connectivity index (χ4n) is 2.04. The van der Waals surface area contributed by atoms with Crippen molar-refractivity contribution < 1.29 is 12.8 Å². The fourth-order valence-corrected chi connectivity index (χ4v) is 3.35. The highest BCUT2D eigenvalue weighted by Crippen LogP contribution is 2.23. The second kappa shape index (κ2) is 6.00. The summed E-state index contributed by atoms with van der Waals surface area (Å²) in [5, 5.41) is 2.93. The predicted molar refractivity (Wildman–Crippen MR) is 78.1 cm³/mol. The number of nitrogens with zero attached hydrogens (tertiary/aromatic N) is 3. The molecule has 8 heteroatoms. The molecule has 0 atom stereocenters. The maximum atomic E-state index is 12.6. The van der Waals surface area contributed by atoms with Crippen molar-refractivity contribution in [3.05, 3.63) is 35.8 Å². The van der Waals surface area contributed by atoms with E-state index in [1.807, 2.05) is 7.05 Å². The van der Waals surface area contributed by atoms with Crippen LogP contribution in [-0.4, -0.2) is 36.4 Å². The Labute approximate surface area is 124 Å². The molecule has 116 valence electrons. The Balaban J connectivity index is 2.26. The summed E-state index contributed by atoms with van der Waals surface area (Å²) in [7, 11) is 1.54. The molecule has 2 heterocycles. The second-order valence-electron chi connectivity index (χ2n) is 4.88. The number of imidazole rings is 1. The largest absolute Gasteiger partial charge is 0.464 e. The van der Waals surface area contributed by atoms with Crippen LogP contribution in [0.25, 0.3) is 0 Å². The first kappa shape index (κ1) is 15.7. The van der Waals surface area contributed by atoms with Crippen LogP contribution in [0.15, 0.2) is 27.8 Å². The van der Waals surface area contributed by atoms with Crippen molar-refractivity contribution in [2.45, 2.75) is 24.9 Å². The van der Waals surface area contributed by atoms with Crippen LogP contribution in [0, 0.1) is 6.92 Å². The third-order valence-electron chi connectivity index (χ3n) is 3.25. The molecule has 0 radical (unpaired) electrons. The molecule has 0 aliphatic carbocycles. The van der Waals surface area contributed by atoms with Crippen molar-refractivity contribution >= 4 is 10.0 Å². The molecule has 2 aromatic rings. The van der Waals surface area contributed by atoms with Gasteiger partial charge in [-0.05, 0) is 14.0 Å². The van der Waals surface area contributed by atoms with E-state index in [4.69, 9.17) is 4.42 Å². The molecule has 0 aromatic carbocycles. The zero-order chi connectivity index (χ0) is 15.6. The van der Waals surface area contributed by atoms with E-state index in [0.29, 0.717) is 23.9 Å². The zero-order valence-corrected chi connectivity index (χ0v) is 13.4. The van der Waals surface area contributed by atoms with Crippen LogP contribution in [0.3, 0.4) is 0 Å². The number of sulfonamides is 1. The summed E-state index contributed by atoms with van der Waals surface area (Å²) in [4.78, 5) is 4.34. The predicted octanol–water partition coefficient (Wildman–Crippen LogP) is 0.862. The molecule has 1 N–H and O–H groups in total. The van der Waals surface area contributed by atoms with E-state index in [2.05, 4.69) is 10.3 Å². The van der Waals surface area contributed by atoms with Crippen molar-refractivity contribution in [1.29, 1.82) is 0 Å². The van der Waals surface area contributed by atoms with Gasteiger partial charge in [-0.2, -0.15) is 4.31 Å². The monoisotopic (exact) mass is 312 g/mol. The van der Waals surface area contributed by atoms with Gasteiger partial charge in [0.2, 0.25) is 10.0 Å². The van der Waals surface area contributed by atoms with Crippen molar-refractivity contribution in [1.82, 2.24) is 19.2 Å². The van der Waals surface area contributed by atoms with Crippen molar-refractivity contribution in [2.75, 3.05) is 14.1 Å². The normalized spacial score (nSPS) is 12.2. The topological polar surface area (TPSA) is 80.4 Å². The van der Waals surface area contributed by atoms with E-state index < -0.39 is 10.0 Å². The van der Waals surface area contributed by atoms with Gasteiger partial charge in [0.25, 0.3) is 0 Å². The lowest BCUT2D eigenvalue weighted by atomic mass is 10.4. The maximum Gasteiger partial charge on any atom is 0.246 e. The summed E-state index contributed by atoms with van der Waals surface area (Å²) in [6.07, 6.45) is 3.42. The summed E-state index contributed by atoms with van der Waals surface area (Å²) in [5.41, 5.74) is 0. The maximum absolute atomic E-state index is 12.6. The fraction of sp³-hybridized carbons (Fsp3) is 0.462. The summed E-state index contributed by atoms with van der Waals surface area (Å²) in [6, 6.07) is 1.57. The van der Waals surface area contributed by atoms with Crippen LogP contribution < -0.4 is 5.32 Å². The van der Waals surface area contributed by atoms with E-state index in [1.165, 1.54) is 11.4 Å². The van der Waals surface area contributed by atoms with Crippen LogP contribution >= 0.6 is 0 Å². The first-order valence-corrected chi connectivity index (χ1v) is 7.96. The van der Waals surface area contributed by atoms with Gasteiger partial charge in [0.15, 0.2) is 0 Å². The first-order chi connectivity index (χ1) is 9.86. The Bertz CT molecular complexity index is 718. The van der Waals surface area contributed by atoms with Crippen molar-refractivity contribution in [3.63, 3.8) is 0 Å². The van der Waals surface area contributed by atoms with E-state index in [0.717, 1.165) is 0 Å². The number of hydrogen-bond donors (Lipinski definition) is 1. The molecule has 0 fully saturated rings. The SMILES string of the molecule is CNCc1cc(S(=O)(=O)N(C)Cc2nccn2C)c(C)o1. The molecule has 0 saturated carbocycles. The lowest BCUT2D eigenvalue weighted by Crippen LogP contribution is -2.28. The molecule has 21 heavy (non-hydrogen) atoms. The Morgan fingerprint density at radius 2 is 2.19 bits per heavy atom. The van der Waals surface area contributed by atoms with Gasteiger partial charge in [-0.25, -0.2) is 13.4 Å². The van der Waals surface area contributed by atoms with E-state index in [1.54, 1.807) is 37.0 Å². The molecule has 0 spiro atoms. The number of rotatable bonds is 6. The lowest BCUT2D eigenvalue weighted by Gasteiger charge is -2.16. The quantitative estimate of drug-likeness (QED) is 0.856. The molecule has 0 saturated heterocycles. The van der Waals surface area contributed by atoms with E-state index in [9.17, 15) is 8.42 Å². The molecule has 0 bridgehead atoms. The zero-order valence-electron chi connectivity index (χ0n) is 12.6. The molecular weight excluding hydrogens is 292 g/mol. The molecule has 0 aliphatic rings. The Kier molecular flexibility index (Phi) is 4.50. The minimum Gasteiger partial charge on any atom is -0.464 e. The smallest absolute Gasteiger partial charge is 0.246 e. The van der Waals surface area contributed by atoms with Crippen LogP contribution in [-0.2, 0) is 30.2 Å². The van der Waals surface area contributed by atoms with Gasteiger partial charge in [-0.1, -0.05) is 0 Å². The number of aryl methyl sites for hydroxylation is 2. The number of nitrogens with one attached hydrogen (secondary N) is 1. The molecule has 0 unspecified atom stereocenters. The second-order valence-corrected chi connectivity index (χ2v) is 6.89. The van der Waals surface area contributed by atoms with E-state index in [-0.39, 0.29) is 11.4 Å². The number of aromatic nitrogens is 2. The first-order valence-electron chi connectivity index (χ1n) is 6.52. The highest BCUT2D eigenvalue weighted by Gasteiger charge is 2.26. The van der Waals surface area contributed by atoms with E-state index >= 15 is 0 Å². The highest BCUT2D eigenvalue weighted by molar-refractivity contribution is 7.89. The molecule has 7 nitrogen and oxygen atoms in total. The van der Waals surface area contributed by atoms with Gasteiger partial charge in [-0.15, -0.1) is 0 Å². The average Bonchev–Trinajstić information content (AvgIpc) is 2.97. The Hall–Kier alpha value is -1.64. The van der Waals surface area contributed by atoms with Gasteiger partial charge in [-0.3, -0.25) is 0 Å². The van der Waals surface area contributed by atoms with Crippen molar-refractivity contribution in [2.24, 2.45) is 7.05 Å². The van der Waals surface area contributed by atoms with Gasteiger partial charge >= 0.3 is 0 Å². The van der Waals surface area contributed by atoms with Crippen LogP contribution in [0.4, 0.5) is 0 Å². The minimum atomic E-state index is -3.60. The van der Waals surface area contributed by atoms with Gasteiger partial charge in [0, 0.05) is 32.6 Å².